The van der Waals surface area contributed by atoms with Gasteiger partial charge in [-0.05, 0) is 36.4 Å². The minimum Gasteiger partial charge on any atom is -0.341 e. The van der Waals surface area contributed by atoms with Gasteiger partial charge in [0, 0.05) is 38.3 Å². The van der Waals surface area contributed by atoms with Crippen LogP contribution in [0.15, 0.2) is 71.9 Å². The van der Waals surface area contributed by atoms with Crippen molar-refractivity contribution in [1.29, 1.82) is 0 Å². The maximum atomic E-state index is 12.9. The van der Waals surface area contributed by atoms with Crippen LogP contribution in [0.2, 0.25) is 0 Å². The van der Waals surface area contributed by atoms with Crippen LogP contribution in [0.1, 0.15) is 12.0 Å². The lowest BCUT2D eigenvalue weighted by atomic mass is 10.3. The fourth-order valence-electron chi connectivity index (χ4n) is 2.71. The van der Waals surface area contributed by atoms with E-state index in [9.17, 15) is 17.6 Å². The number of aromatic nitrogens is 2. The molecule has 1 amide bonds. The van der Waals surface area contributed by atoms with Crippen LogP contribution < -0.4 is 4.72 Å². The summed E-state index contributed by atoms with van der Waals surface area (Å²) in [4.78, 5) is 13.8. The molecule has 1 N–H and O–H groups in total. The van der Waals surface area contributed by atoms with Crippen molar-refractivity contribution < 1.29 is 17.6 Å². The van der Waals surface area contributed by atoms with Crippen LogP contribution >= 0.6 is 0 Å². The summed E-state index contributed by atoms with van der Waals surface area (Å²) >= 11 is 0. The van der Waals surface area contributed by atoms with Crippen molar-refractivity contribution in [3.63, 3.8) is 0 Å². The van der Waals surface area contributed by atoms with Gasteiger partial charge >= 0.3 is 0 Å². The van der Waals surface area contributed by atoms with E-state index in [1.54, 1.807) is 17.9 Å². The van der Waals surface area contributed by atoms with Gasteiger partial charge < -0.3 is 4.90 Å². The summed E-state index contributed by atoms with van der Waals surface area (Å²) in [5.74, 6) is -0.726. The van der Waals surface area contributed by atoms with E-state index in [0.29, 0.717) is 6.54 Å². The first kappa shape index (κ1) is 20.7. The molecule has 0 aliphatic heterocycles. The van der Waals surface area contributed by atoms with Crippen LogP contribution in [-0.2, 0) is 21.4 Å². The molecule has 152 valence electrons. The van der Waals surface area contributed by atoms with Crippen LogP contribution in [0.25, 0.3) is 5.69 Å². The summed E-state index contributed by atoms with van der Waals surface area (Å²) in [6, 6.07) is 14.1. The number of carbonyl (C=O) groups excluding carboxylic acids is 1. The Bertz CT molecular complexity index is 1070. The van der Waals surface area contributed by atoms with Crippen molar-refractivity contribution >= 4 is 15.9 Å². The van der Waals surface area contributed by atoms with Gasteiger partial charge in [-0.1, -0.05) is 18.2 Å². The molecule has 0 saturated carbocycles. The number of amides is 1. The third kappa shape index (κ3) is 5.49. The summed E-state index contributed by atoms with van der Waals surface area (Å²) < 4.78 is 41.3. The van der Waals surface area contributed by atoms with Crippen LogP contribution in [0.5, 0.6) is 0 Å². The number of nitrogens with zero attached hydrogens (tertiary/aromatic N) is 3. The van der Waals surface area contributed by atoms with Gasteiger partial charge in [0.25, 0.3) is 0 Å². The summed E-state index contributed by atoms with van der Waals surface area (Å²) in [7, 11) is -2.14. The Kier molecular flexibility index (Phi) is 6.40. The fraction of sp³-hybridized carbons (Fsp3) is 0.200. The molecule has 0 spiro atoms. The monoisotopic (exact) mass is 416 g/mol. The first-order valence-electron chi connectivity index (χ1n) is 8.93. The van der Waals surface area contributed by atoms with Gasteiger partial charge in [0.15, 0.2) is 0 Å². The topological polar surface area (TPSA) is 84.3 Å². The summed E-state index contributed by atoms with van der Waals surface area (Å²) in [5.41, 5.74) is 1.78. The highest BCUT2D eigenvalue weighted by Gasteiger charge is 2.16. The number of halogens is 1. The molecule has 29 heavy (non-hydrogen) atoms. The van der Waals surface area contributed by atoms with Gasteiger partial charge in [0.05, 0.1) is 16.8 Å². The van der Waals surface area contributed by atoms with E-state index in [0.717, 1.165) is 23.4 Å². The SMILES string of the molecule is CN(Cc1cnn(-c2ccccc2)c1)C(=O)CCNS(=O)(=O)c1ccc(F)cc1. The summed E-state index contributed by atoms with van der Waals surface area (Å²) in [6.45, 7) is 0.308. The van der Waals surface area contributed by atoms with E-state index in [1.807, 2.05) is 36.5 Å². The molecule has 9 heteroatoms. The standard InChI is InChI=1S/C20H21FN4O3S/c1-24(14-16-13-22-25(15-16)18-5-3-2-4-6-18)20(26)11-12-23-29(27,28)19-9-7-17(21)8-10-19/h2-10,13,15,23H,11-12,14H2,1H3. The molecule has 0 atom stereocenters. The van der Waals surface area contributed by atoms with E-state index in [-0.39, 0.29) is 23.8 Å². The minimum atomic E-state index is -3.79. The second-order valence-corrected chi connectivity index (χ2v) is 8.25. The number of hydrogen-bond acceptors (Lipinski definition) is 4. The van der Waals surface area contributed by atoms with E-state index in [1.165, 1.54) is 17.0 Å². The Morgan fingerprint density at radius 2 is 1.83 bits per heavy atom. The van der Waals surface area contributed by atoms with Gasteiger partial charge in [-0.3, -0.25) is 4.79 Å². The predicted molar refractivity (Wildman–Crippen MR) is 106 cm³/mol. The number of rotatable bonds is 8. The largest absolute Gasteiger partial charge is 0.341 e. The molecule has 3 aromatic rings. The van der Waals surface area contributed by atoms with Crippen molar-refractivity contribution in [2.24, 2.45) is 0 Å². The van der Waals surface area contributed by atoms with Crippen LogP contribution in [0.4, 0.5) is 4.39 Å². The Morgan fingerprint density at radius 1 is 1.14 bits per heavy atom. The molecular weight excluding hydrogens is 395 g/mol. The summed E-state index contributed by atoms with van der Waals surface area (Å²) in [6.07, 6.45) is 3.54. The van der Waals surface area contributed by atoms with Crippen molar-refractivity contribution in [1.82, 2.24) is 19.4 Å². The lowest BCUT2D eigenvalue weighted by Crippen LogP contribution is -2.31. The number of para-hydroxylation sites is 1. The molecule has 0 unspecified atom stereocenters. The van der Waals surface area contributed by atoms with Gasteiger partial charge in [0.2, 0.25) is 15.9 Å². The molecule has 3 rings (SSSR count). The molecule has 1 heterocycles. The fourth-order valence-corrected chi connectivity index (χ4v) is 3.74. The maximum absolute atomic E-state index is 12.9. The van der Waals surface area contributed by atoms with Crippen LogP contribution in [0, 0.1) is 5.82 Å². The third-order valence-corrected chi connectivity index (χ3v) is 5.73. The molecule has 0 aliphatic carbocycles. The highest BCUT2D eigenvalue weighted by atomic mass is 32.2. The number of nitrogens with one attached hydrogen (secondary N) is 1. The number of benzene rings is 2. The number of carbonyl (C=O) groups is 1. The van der Waals surface area contributed by atoms with Crippen LogP contribution in [0.3, 0.4) is 0 Å². The second-order valence-electron chi connectivity index (χ2n) is 6.48. The zero-order valence-corrected chi connectivity index (χ0v) is 16.6. The highest BCUT2D eigenvalue weighted by Crippen LogP contribution is 2.11. The van der Waals surface area contributed by atoms with E-state index in [2.05, 4.69) is 9.82 Å². The molecule has 0 bridgehead atoms. The average Bonchev–Trinajstić information content (AvgIpc) is 3.17. The van der Waals surface area contributed by atoms with E-state index >= 15 is 0 Å². The zero-order valence-electron chi connectivity index (χ0n) is 15.8. The van der Waals surface area contributed by atoms with Gasteiger partial charge in [-0.2, -0.15) is 5.10 Å². The normalized spacial score (nSPS) is 11.4. The Labute approximate surface area is 168 Å². The van der Waals surface area contributed by atoms with E-state index < -0.39 is 15.8 Å². The smallest absolute Gasteiger partial charge is 0.240 e. The molecule has 0 fully saturated rings. The minimum absolute atomic E-state index is 0.00372. The zero-order chi connectivity index (χ0) is 20.9. The number of hydrogen-bond donors (Lipinski definition) is 1. The van der Waals surface area contributed by atoms with Crippen molar-refractivity contribution in [2.75, 3.05) is 13.6 Å². The first-order valence-corrected chi connectivity index (χ1v) is 10.4. The van der Waals surface area contributed by atoms with Crippen molar-refractivity contribution in [3.8, 4) is 5.69 Å². The van der Waals surface area contributed by atoms with Gasteiger partial charge in [0.1, 0.15) is 5.82 Å². The van der Waals surface area contributed by atoms with Gasteiger partial charge in [-0.15, -0.1) is 0 Å². The van der Waals surface area contributed by atoms with E-state index in [4.69, 9.17) is 0 Å². The average molecular weight is 416 g/mol. The highest BCUT2D eigenvalue weighted by molar-refractivity contribution is 7.89. The summed E-state index contributed by atoms with van der Waals surface area (Å²) in [5, 5.41) is 4.29. The molecule has 0 saturated heterocycles. The van der Waals surface area contributed by atoms with Crippen LogP contribution in [-0.4, -0.2) is 42.6 Å². The number of sulfonamides is 1. The lowest BCUT2D eigenvalue weighted by Gasteiger charge is -2.16. The molecule has 0 aliphatic rings. The molecule has 0 radical (unpaired) electrons. The Hall–Kier alpha value is -3.04. The lowest BCUT2D eigenvalue weighted by molar-refractivity contribution is -0.130. The quantitative estimate of drug-likeness (QED) is 0.611. The second kappa shape index (κ2) is 8.97. The Morgan fingerprint density at radius 3 is 2.52 bits per heavy atom. The third-order valence-electron chi connectivity index (χ3n) is 4.26. The predicted octanol–water partition coefficient (Wildman–Crippen LogP) is 2.34. The van der Waals surface area contributed by atoms with Crippen molar-refractivity contribution in [3.05, 3.63) is 78.4 Å². The molecular formula is C20H21FN4O3S. The maximum Gasteiger partial charge on any atom is 0.240 e. The Balaban J connectivity index is 1.51. The first-order chi connectivity index (χ1) is 13.8. The van der Waals surface area contributed by atoms with Crippen molar-refractivity contribution in [2.45, 2.75) is 17.9 Å². The molecule has 1 aromatic heterocycles. The molecule has 2 aromatic carbocycles. The molecule has 7 nitrogen and oxygen atoms in total. The van der Waals surface area contributed by atoms with Gasteiger partial charge in [-0.25, -0.2) is 22.2 Å².